The van der Waals surface area contributed by atoms with Gasteiger partial charge in [0.2, 0.25) is 5.82 Å². The first kappa shape index (κ1) is 15.2. The van der Waals surface area contributed by atoms with Gasteiger partial charge in [-0.25, -0.2) is 4.28 Å². The minimum absolute atomic E-state index is 0. The number of aromatic nitrogens is 2. The van der Waals surface area contributed by atoms with E-state index in [2.05, 4.69) is 9.27 Å². The lowest BCUT2D eigenvalue weighted by Crippen LogP contribution is -2.50. The van der Waals surface area contributed by atoms with Crippen molar-refractivity contribution in [2.45, 2.75) is 6.92 Å². The molecule has 0 radical (unpaired) electrons. The largest absolute Gasteiger partial charge is 0.870 e. The maximum atomic E-state index is 10.5. The minimum Gasteiger partial charge on any atom is -0.870 e. The molecule has 10 nitrogen and oxygen atoms in total. The monoisotopic (exact) mass is 268 g/mol. The second-order valence-corrected chi connectivity index (χ2v) is 3.61. The van der Waals surface area contributed by atoms with Crippen LogP contribution < -0.4 is 25.2 Å². The number of rotatable bonds is 4. The Labute approximate surface area is 97.0 Å². The summed E-state index contributed by atoms with van der Waals surface area (Å²) in [6.45, 7) is 2.07. The van der Waals surface area contributed by atoms with Crippen LogP contribution in [0.2, 0.25) is 0 Å². The van der Waals surface area contributed by atoms with Crippen LogP contribution in [0.5, 0.6) is 5.88 Å². The maximum Gasteiger partial charge on any atom is 0.474 e. The molecule has 0 fully saturated rings. The third-order valence-electron chi connectivity index (χ3n) is 1.40. The van der Waals surface area contributed by atoms with Crippen LogP contribution in [0.1, 0.15) is 6.92 Å². The smallest absolute Gasteiger partial charge is 0.474 e. The highest BCUT2D eigenvalue weighted by molar-refractivity contribution is 7.80. The van der Waals surface area contributed by atoms with Gasteiger partial charge >= 0.3 is 16.3 Å². The first-order chi connectivity index (χ1) is 7.33. The summed E-state index contributed by atoms with van der Waals surface area (Å²) in [5, 5.41) is 0. The summed E-state index contributed by atoms with van der Waals surface area (Å²) in [6.07, 6.45) is 0. The molecule has 1 aromatic rings. The number of ether oxygens (including phenoxy) is 1. The quantitative estimate of drug-likeness (QED) is 0.411. The fourth-order valence-corrected chi connectivity index (χ4v) is 1.26. The van der Waals surface area contributed by atoms with E-state index >= 15 is 0 Å². The van der Waals surface area contributed by atoms with E-state index < -0.39 is 10.4 Å². The fraction of sp³-hybridized carbons (Fsp3) is 0.333. The van der Waals surface area contributed by atoms with Crippen molar-refractivity contribution in [2.75, 3.05) is 18.1 Å². The Balaban J connectivity index is 0.00000256. The zero-order valence-corrected chi connectivity index (χ0v) is 9.59. The van der Waals surface area contributed by atoms with Gasteiger partial charge in [-0.05, 0) is 11.7 Å². The van der Waals surface area contributed by atoms with Crippen LogP contribution in [0, 0.1) is 0 Å². The summed E-state index contributed by atoms with van der Waals surface area (Å²) < 4.78 is 38.9. The van der Waals surface area contributed by atoms with Gasteiger partial charge in [-0.3, -0.25) is 4.55 Å². The van der Waals surface area contributed by atoms with Gasteiger partial charge in [-0.1, -0.05) is 4.98 Å². The Hall–Kier alpha value is -1.85. The Bertz CT molecular complexity index is 466. The van der Waals surface area contributed by atoms with E-state index in [1.807, 2.05) is 0 Å². The molecule has 0 atom stereocenters. The van der Waals surface area contributed by atoms with E-state index in [0.29, 0.717) is 11.3 Å². The molecule has 11 heteroatoms. The molecule has 0 aliphatic heterocycles. The molecule has 0 saturated carbocycles. The lowest BCUT2D eigenvalue weighted by molar-refractivity contribution is -0.835. The summed E-state index contributed by atoms with van der Waals surface area (Å²) in [4.78, 5) is 3.65. The minimum atomic E-state index is -4.73. The Kier molecular flexibility index (Phi) is 4.87. The molecular formula is C6H12N4O6S. The lowest BCUT2D eigenvalue weighted by atomic mass is 10.5. The predicted molar refractivity (Wildman–Crippen MR) is 54.5 cm³/mol. The molecule has 17 heavy (non-hydrogen) atoms. The number of nitrogens with two attached hydrogens (primary N) is 2. The van der Waals surface area contributed by atoms with Crippen molar-refractivity contribution in [3.8, 4) is 5.88 Å². The Morgan fingerprint density at radius 2 is 2.12 bits per heavy atom. The van der Waals surface area contributed by atoms with Crippen LogP contribution in [-0.4, -0.2) is 30.0 Å². The zero-order chi connectivity index (χ0) is 12.3. The van der Waals surface area contributed by atoms with Gasteiger partial charge in [0, 0.05) is 0 Å². The molecule has 0 spiro atoms. The van der Waals surface area contributed by atoms with Gasteiger partial charge in [-0.15, -0.1) is 0 Å². The zero-order valence-electron chi connectivity index (χ0n) is 8.77. The van der Waals surface area contributed by atoms with Crippen LogP contribution in [-0.2, 0) is 10.4 Å². The fourth-order valence-electron chi connectivity index (χ4n) is 0.905. The van der Waals surface area contributed by atoms with Gasteiger partial charge in [0.15, 0.2) is 0 Å². The molecule has 1 rings (SSSR count). The van der Waals surface area contributed by atoms with E-state index in [1.54, 1.807) is 6.92 Å². The highest BCUT2D eigenvalue weighted by Gasteiger charge is 2.20. The average Bonchev–Trinajstić information content (AvgIpc) is 2.10. The number of hydrogen-bond acceptors (Lipinski definition) is 8. The second-order valence-electron chi connectivity index (χ2n) is 2.61. The summed E-state index contributed by atoms with van der Waals surface area (Å²) in [5.74, 6) is -0.442. The number of anilines is 2. The van der Waals surface area contributed by atoms with Crippen molar-refractivity contribution in [1.29, 1.82) is 0 Å². The van der Waals surface area contributed by atoms with Crippen LogP contribution in [0.25, 0.3) is 0 Å². The molecule has 1 aromatic heterocycles. The number of hydrogen-bond donors (Lipinski definition) is 3. The maximum absolute atomic E-state index is 10.5. The van der Waals surface area contributed by atoms with Gasteiger partial charge in [-0.2, -0.15) is 8.42 Å². The van der Waals surface area contributed by atoms with Crippen LogP contribution >= 0.6 is 0 Å². The van der Waals surface area contributed by atoms with Gasteiger partial charge in [0.05, 0.1) is 12.7 Å². The Morgan fingerprint density at radius 1 is 1.53 bits per heavy atom. The van der Waals surface area contributed by atoms with E-state index in [4.69, 9.17) is 20.8 Å². The Morgan fingerprint density at radius 3 is 2.53 bits per heavy atom. The molecular weight excluding hydrogens is 256 g/mol. The molecule has 98 valence electrons. The topological polar surface area (TPSA) is 172 Å². The molecule has 6 N–H and O–H groups in total. The van der Waals surface area contributed by atoms with Gasteiger partial charge in [0.1, 0.15) is 0 Å². The third-order valence-corrected chi connectivity index (χ3v) is 1.74. The lowest BCUT2D eigenvalue weighted by Gasteiger charge is -2.05. The molecule has 0 amide bonds. The molecule has 0 saturated heterocycles. The SMILES string of the molecule is CCOc1cc(N)[n+](OS(=O)(=O)O)c(N)n1.[OH-]. The van der Waals surface area contributed by atoms with Crippen molar-refractivity contribution in [1.82, 2.24) is 4.98 Å². The molecule has 1 heterocycles. The second kappa shape index (κ2) is 5.47. The van der Waals surface area contributed by atoms with E-state index in [-0.39, 0.29) is 23.1 Å². The predicted octanol–water partition coefficient (Wildman–Crippen LogP) is -2.01. The van der Waals surface area contributed by atoms with Crippen LogP contribution in [0.15, 0.2) is 6.07 Å². The molecule has 0 aromatic carbocycles. The van der Waals surface area contributed by atoms with E-state index in [1.165, 1.54) is 6.07 Å². The molecule has 0 bridgehead atoms. The molecule has 0 aliphatic rings. The first-order valence-corrected chi connectivity index (χ1v) is 5.48. The van der Waals surface area contributed by atoms with Crippen molar-refractivity contribution in [3.63, 3.8) is 0 Å². The number of nitrogen functional groups attached to an aromatic ring is 2. The van der Waals surface area contributed by atoms with E-state index in [9.17, 15) is 8.42 Å². The van der Waals surface area contributed by atoms with Crippen LogP contribution in [0.4, 0.5) is 11.8 Å². The normalized spacial score (nSPS) is 10.5. The van der Waals surface area contributed by atoms with Crippen molar-refractivity contribution in [2.24, 2.45) is 0 Å². The van der Waals surface area contributed by atoms with Crippen molar-refractivity contribution >= 4 is 22.2 Å². The van der Waals surface area contributed by atoms with Gasteiger partial charge < -0.3 is 21.7 Å². The summed E-state index contributed by atoms with van der Waals surface area (Å²) in [7, 11) is -4.73. The molecule has 0 aliphatic carbocycles. The third kappa shape index (κ3) is 4.26. The summed E-state index contributed by atoms with van der Waals surface area (Å²) in [5.41, 5.74) is 10.8. The molecule has 0 unspecified atom stereocenters. The summed E-state index contributed by atoms with van der Waals surface area (Å²) in [6, 6.07) is 1.20. The van der Waals surface area contributed by atoms with Crippen LogP contribution in [0.3, 0.4) is 0 Å². The van der Waals surface area contributed by atoms with E-state index in [0.717, 1.165) is 0 Å². The highest BCUT2D eigenvalue weighted by atomic mass is 32.3. The van der Waals surface area contributed by atoms with Crippen molar-refractivity contribution in [3.05, 3.63) is 6.07 Å². The first-order valence-electron chi connectivity index (χ1n) is 4.11. The summed E-state index contributed by atoms with van der Waals surface area (Å²) >= 11 is 0. The average molecular weight is 268 g/mol. The highest BCUT2D eigenvalue weighted by Crippen LogP contribution is 2.09. The standard InChI is InChI=1S/C6H10N4O5S.H2O/c1-2-14-5-3-4(7)10(6(8)9-5)15-16(11,12)13;/h3H,2H2,1H3,(H4,7,8,9,11,12,13);1H2. The number of nitrogens with zero attached hydrogens (tertiary/aromatic N) is 2. The van der Waals surface area contributed by atoms with Gasteiger partial charge in [0.25, 0.3) is 5.88 Å². The van der Waals surface area contributed by atoms with Crippen molar-refractivity contribution < 1.29 is 32.2 Å².